The van der Waals surface area contributed by atoms with E-state index in [1.807, 2.05) is 0 Å². The van der Waals surface area contributed by atoms with Crippen LogP contribution in [-0.2, 0) is 9.84 Å². The van der Waals surface area contributed by atoms with Gasteiger partial charge in [0, 0.05) is 6.26 Å². The van der Waals surface area contributed by atoms with Crippen molar-refractivity contribution in [1.29, 1.82) is 0 Å². The minimum absolute atomic E-state index is 0. The SMILES string of the molecule is CS(=O)(=O)c1ccc([C@@H](O)[C@H](N)CO)cc1.Cl. The minimum Gasteiger partial charge on any atom is -0.395 e. The molecule has 1 aromatic carbocycles. The molecule has 0 unspecified atom stereocenters. The second-order valence-electron chi connectivity index (χ2n) is 3.63. The Balaban J connectivity index is 0.00000256. The van der Waals surface area contributed by atoms with Crippen LogP contribution in [0, 0.1) is 0 Å². The van der Waals surface area contributed by atoms with Crippen LogP contribution in [0.4, 0.5) is 0 Å². The highest BCUT2D eigenvalue weighted by Crippen LogP contribution is 2.18. The van der Waals surface area contributed by atoms with Crippen LogP contribution in [0.15, 0.2) is 29.2 Å². The van der Waals surface area contributed by atoms with Gasteiger partial charge in [0.1, 0.15) is 0 Å². The third kappa shape index (κ3) is 4.25. The van der Waals surface area contributed by atoms with Gasteiger partial charge < -0.3 is 15.9 Å². The summed E-state index contributed by atoms with van der Waals surface area (Å²) in [5.41, 5.74) is 5.93. The smallest absolute Gasteiger partial charge is 0.175 e. The predicted octanol–water partition coefficient (Wildman–Crippen LogP) is -0.135. The molecule has 0 aliphatic heterocycles. The highest BCUT2D eigenvalue weighted by molar-refractivity contribution is 7.90. The Morgan fingerprint density at radius 3 is 2.12 bits per heavy atom. The lowest BCUT2D eigenvalue weighted by Gasteiger charge is -2.16. The molecule has 0 saturated heterocycles. The van der Waals surface area contributed by atoms with Crippen molar-refractivity contribution >= 4 is 22.2 Å². The Kier molecular flexibility index (Phi) is 6.08. The van der Waals surface area contributed by atoms with E-state index < -0.39 is 22.0 Å². The van der Waals surface area contributed by atoms with Crippen LogP contribution in [0.25, 0.3) is 0 Å². The quantitative estimate of drug-likeness (QED) is 0.713. The van der Waals surface area contributed by atoms with Gasteiger partial charge in [-0.1, -0.05) is 12.1 Å². The molecule has 5 nitrogen and oxygen atoms in total. The molecule has 0 saturated carbocycles. The highest BCUT2D eigenvalue weighted by Gasteiger charge is 2.16. The van der Waals surface area contributed by atoms with Gasteiger partial charge in [0.25, 0.3) is 0 Å². The first-order chi connectivity index (χ1) is 7.36. The van der Waals surface area contributed by atoms with Crippen molar-refractivity contribution in [2.24, 2.45) is 5.73 Å². The topological polar surface area (TPSA) is 101 Å². The summed E-state index contributed by atoms with van der Waals surface area (Å²) in [6, 6.07) is 4.99. The molecule has 0 amide bonds. The van der Waals surface area contributed by atoms with E-state index in [4.69, 9.17) is 10.8 Å². The van der Waals surface area contributed by atoms with Crippen LogP contribution in [0.3, 0.4) is 0 Å². The molecule has 0 aromatic heterocycles. The number of aliphatic hydroxyl groups excluding tert-OH is 2. The normalized spacial score (nSPS) is 14.8. The van der Waals surface area contributed by atoms with Gasteiger partial charge >= 0.3 is 0 Å². The number of halogens is 1. The molecule has 0 fully saturated rings. The number of rotatable bonds is 4. The van der Waals surface area contributed by atoms with E-state index in [0.717, 1.165) is 6.26 Å². The molecule has 17 heavy (non-hydrogen) atoms. The molecule has 0 aliphatic carbocycles. The Hall–Kier alpha value is -0.660. The summed E-state index contributed by atoms with van der Waals surface area (Å²) in [5, 5.41) is 18.4. The van der Waals surface area contributed by atoms with Crippen molar-refractivity contribution in [3.63, 3.8) is 0 Å². The van der Waals surface area contributed by atoms with E-state index in [1.165, 1.54) is 24.3 Å². The Morgan fingerprint density at radius 1 is 1.29 bits per heavy atom. The average Bonchev–Trinajstić information content (AvgIpc) is 2.26. The monoisotopic (exact) mass is 281 g/mol. The lowest BCUT2D eigenvalue weighted by atomic mass is 10.0. The van der Waals surface area contributed by atoms with Gasteiger partial charge in [0.2, 0.25) is 0 Å². The fourth-order valence-electron chi connectivity index (χ4n) is 1.26. The third-order valence-corrected chi connectivity index (χ3v) is 3.39. The standard InChI is InChI=1S/C10H15NO4S.ClH/c1-16(14,15)8-4-2-7(3-5-8)10(13)9(11)6-12;/h2-5,9-10,12-13H,6,11H2,1H3;1H/t9-,10-;/m1./s1. The average molecular weight is 282 g/mol. The van der Waals surface area contributed by atoms with Gasteiger partial charge in [-0.15, -0.1) is 12.4 Å². The Labute approximate surface area is 107 Å². The van der Waals surface area contributed by atoms with Crippen molar-refractivity contribution in [3.8, 4) is 0 Å². The Bertz CT molecular complexity index is 446. The summed E-state index contributed by atoms with van der Waals surface area (Å²) in [6.45, 7) is -0.338. The zero-order valence-corrected chi connectivity index (χ0v) is 10.9. The van der Waals surface area contributed by atoms with Crippen LogP contribution in [0.5, 0.6) is 0 Å². The van der Waals surface area contributed by atoms with Crippen LogP contribution in [-0.4, -0.2) is 37.5 Å². The van der Waals surface area contributed by atoms with Crippen molar-refractivity contribution in [2.45, 2.75) is 17.0 Å². The molecule has 0 bridgehead atoms. The Morgan fingerprint density at radius 2 is 1.76 bits per heavy atom. The summed E-state index contributed by atoms with van der Waals surface area (Å²) in [7, 11) is -3.23. The first-order valence-electron chi connectivity index (χ1n) is 4.71. The summed E-state index contributed by atoms with van der Waals surface area (Å²) < 4.78 is 22.4. The van der Waals surface area contributed by atoms with Crippen molar-refractivity contribution in [1.82, 2.24) is 0 Å². The van der Waals surface area contributed by atoms with Crippen LogP contribution < -0.4 is 5.73 Å². The minimum atomic E-state index is -3.23. The van der Waals surface area contributed by atoms with E-state index in [0.29, 0.717) is 5.56 Å². The predicted molar refractivity (Wildman–Crippen MR) is 66.8 cm³/mol. The summed E-state index contributed by atoms with van der Waals surface area (Å²) >= 11 is 0. The molecule has 1 aromatic rings. The molecular weight excluding hydrogens is 266 g/mol. The van der Waals surface area contributed by atoms with Gasteiger partial charge in [0.05, 0.1) is 23.6 Å². The molecule has 0 aliphatic rings. The number of sulfone groups is 1. The summed E-state index contributed by atoms with van der Waals surface area (Å²) in [4.78, 5) is 0.181. The number of aliphatic hydroxyl groups is 2. The van der Waals surface area contributed by atoms with Crippen molar-refractivity contribution < 1.29 is 18.6 Å². The molecule has 4 N–H and O–H groups in total. The van der Waals surface area contributed by atoms with Crippen LogP contribution in [0.2, 0.25) is 0 Å². The highest BCUT2D eigenvalue weighted by atomic mass is 35.5. The maximum absolute atomic E-state index is 11.2. The van der Waals surface area contributed by atoms with E-state index in [-0.39, 0.29) is 23.9 Å². The second-order valence-corrected chi connectivity index (χ2v) is 5.65. The van der Waals surface area contributed by atoms with Gasteiger partial charge in [0.15, 0.2) is 9.84 Å². The number of nitrogens with two attached hydrogens (primary N) is 1. The van der Waals surface area contributed by atoms with E-state index in [2.05, 4.69) is 0 Å². The number of hydrogen-bond acceptors (Lipinski definition) is 5. The molecule has 0 heterocycles. The van der Waals surface area contributed by atoms with Gasteiger partial charge in [-0.3, -0.25) is 0 Å². The summed E-state index contributed by atoms with van der Waals surface area (Å²) in [6.07, 6.45) is 0.108. The first-order valence-corrected chi connectivity index (χ1v) is 6.60. The van der Waals surface area contributed by atoms with E-state index in [9.17, 15) is 13.5 Å². The zero-order valence-electron chi connectivity index (χ0n) is 9.28. The molecule has 98 valence electrons. The zero-order chi connectivity index (χ0) is 12.3. The van der Waals surface area contributed by atoms with Gasteiger partial charge in [-0.2, -0.15) is 0 Å². The lowest BCUT2D eigenvalue weighted by molar-refractivity contribution is 0.109. The fraction of sp³-hybridized carbons (Fsp3) is 0.400. The molecule has 2 atom stereocenters. The number of benzene rings is 1. The summed E-state index contributed by atoms with van der Waals surface area (Å²) in [5.74, 6) is 0. The molecular formula is C10H16ClNO4S. The van der Waals surface area contributed by atoms with Crippen LogP contribution in [0.1, 0.15) is 11.7 Å². The van der Waals surface area contributed by atoms with Crippen LogP contribution >= 0.6 is 12.4 Å². The molecule has 0 radical (unpaired) electrons. The van der Waals surface area contributed by atoms with Crippen molar-refractivity contribution in [3.05, 3.63) is 29.8 Å². The van der Waals surface area contributed by atoms with Gasteiger partial charge in [-0.05, 0) is 17.7 Å². The lowest BCUT2D eigenvalue weighted by Crippen LogP contribution is -2.31. The molecule has 1 rings (SSSR count). The first kappa shape index (κ1) is 16.3. The van der Waals surface area contributed by atoms with E-state index in [1.54, 1.807) is 0 Å². The molecule has 7 heteroatoms. The maximum atomic E-state index is 11.2. The maximum Gasteiger partial charge on any atom is 0.175 e. The largest absolute Gasteiger partial charge is 0.395 e. The van der Waals surface area contributed by atoms with Crippen molar-refractivity contribution in [2.75, 3.05) is 12.9 Å². The number of hydrogen-bond donors (Lipinski definition) is 3. The third-order valence-electron chi connectivity index (χ3n) is 2.27. The van der Waals surface area contributed by atoms with E-state index >= 15 is 0 Å². The molecule has 0 spiro atoms. The fourth-order valence-corrected chi connectivity index (χ4v) is 1.89. The second kappa shape index (κ2) is 6.32. The van der Waals surface area contributed by atoms with Gasteiger partial charge in [-0.25, -0.2) is 8.42 Å².